The molecule has 0 aromatic carbocycles. The van der Waals surface area contributed by atoms with E-state index < -0.39 is 0 Å². The molecule has 2 N–H and O–H groups in total. The van der Waals surface area contributed by atoms with E-state index in [0.717, 1.165) is 4.47 Å². The van der Waals surface area contributed by atoms with Crippen molar-refractivity contribution in [3.05, 3.63) is 20.8 Å². The zero-order chi connectivity index (χ0) is 13.1. The van der Waals surface area contributed by atoms with Gasteiger partial charge in [0.1, 0.15) is 0 Å². The van der Waals surface area contributed by atoms with E-state index in [-0.39, 0.29) is 11.3 Å². The zero-order valence-electron chi connectivity index (χ0n) is 10.5. The number of rotatable bonds is 5. The van der Waals surface area contributed by atoms with E-state index in [1.165, 1.54) is 4.88 Å². The lowest BCUT2D eigenvalue weighted by molar-refractivity contribution is -0.132. The SMILES string of the molecule is CN(Cc1cc(Br)cs1)C(=O)CC(C)(C)CN. The van der Waals surface area contributed by atoms with Gasteiger partial charge in [-0.05, 0) is 34.0 Å². The van der Waals surface area contributed by atoms with E-state index in [0.29, 0.717) is 19.5 Å². The van der Waals surface area contributed by atoms with Crippen LogP contribution in [-0.4, -0.2) is 24.4 Å². The molecule has 0 radical (unpaired) electrons. The highest BCUT2D eigenvalue weighted by Gasteiger charge is 2.22. The second-order valence-corrected chi connectivity index (χ2v) is 6.94. The number of nitrogens with two attached hydrogens (primary N) is 1. The Hall–Kier alpha value is -0.390. The first-order valence-electron chi connectivity index (χ1n) is 5.51. The first kappa shape index (κ1) is 14.7. The third kappa shape index (κ3) is 4.77. The van der Waals surface area contributed by atoms with Crippen molar-refractivity contribution in [2.45, 2.75) is 26.8 Å². The molecular formula is C12H19BrN2OS. The van der Waals surface area contributed by atoms with Crippen molar-refractivity contribution in [2.24, 2.45) is 11.1 Å². The highest BCUT2D eigenvalue weighted by Crippen LogP contribution is 2.23. The topological polar surface area (TPSA) is 46.3 Å². The maximum atomic E-state index is 12.0. The van der Waals surface area contributed by atoms with Crippen LogP contribution in [0.2, 0.25) is 0 Å². The Bertz CT molecular complexity index is 390. The second-order valence-electron chi connectivity index (χ2n) is 5.03. The van der Waals surface area contributed by atoms with Crippen LogP contribution < -0.4 is 5.73 Å². The van der Waals surface area contributed by atoms with Gasteiger partial charge in [-0.2, -0.15) is 0 Å². The molecule has 1 amide bonds. The number of thiophene rings is 1. The van der Waals surface area contributed by atoms with Crippen molar-refractivity contribution in [3.63, 3.8) is 0 Å². The molecule has 0 unspecified atom stereocenters. The molecule has 0 aliphatic heterocycles. The number of hydrogen-bond acceptors (Lipinski definition) is 3. The minimum Gasteiger partial charge on any atom is -0.341 e. The Balaban J connectivity index is 2.53. The van der Waals surface area contributed by atoms with E-state index >= 15 is 0 Å². The lowest BCUT2D eigenvalue weighted by Crippen LogP contribution is -2.33. The molecule has 1 heterocycles. The lowest BCUT2D eigenvalue weighted by Gasteiger charge is -2.25. The van der Waals surface area contributed by atoms with Crippen LogP contribution in [0, 0.1) is 5.41 Å². The molecule has 17 heavy (non-hydrogen) atoms. The average molecular weight is 319 g/mol. The number of hydrogen-bond donors (Lipinski definition) is 1. The second kappa shape index (κ2) is 5.98. The number of halogens is 1. The lowest BCUT2D eigenvalue weighted by atomic mass is 9.89. The average Bonchev–Trinajstić information content (AvgIpc) is 2.63. The van der Waals surface area contributed by atoms with E-state index in [2.05, 4.69) is 15.9 Å². The summed E-state index contributed by atoms with van der Waals surface area (Å²) in [5.74, 6) is 0.143. The Morgan fingerprint density at radius 1 is 1.59 bits per heavy atom. The predicted molar refractivity (Wildman–Crippen MR) is 75.9 cm³/mol. The highest BCUT2D eigenvalue weighted by molar-refractivity contribution is 9.10. The molecule has 3 nitrogen and oxygen atoms in total. The van der Waals surface area contributed by atoms with E-state index in [1.807, 2.05) is 32.3 Å². The summed E-state index contributed by atoms with van der Waals surface area (Å²) in [5.41, 5.74) is 5.51. The first-order valence-corrected chi connectivity index (χ1v) is 7.18. The van der Waals surface area contributed by atoms with Gasteiger partial charge in [0.15, 0.2) is 0 Å². The van der Waals surface area contributed by atoms with Gasteiger partial charge in [0.2, 0.25) is 5.91 Å². The quantitative estimate of drug-likeness (QED) is 0.907. The van der Waals surface area contributed by atoms with Crippen LogP contribution >= 0.6 is 27.3 Å². The summed E-state index contributed by atoms with van der Waals surface area (Å²) in [7, 11) is 1.84. The number of nitrogens with zero attached hydrogens (tertiary/aromatic N) is 1. The Labute approximate surface area is 115 Å². The van der Waals surface area contributed by atoms with Crippen molar-refractivity contribution in [2.75, 3.05) is 13.6 Å². The zero-order valence-corrected chi connectivity index (χ0v) is 12.9. The standard InChI is InChI=1S/C12H19BrN2OS/c1-12(2,8-14)5-11(16)15(3)6-10-4-9(13)7-17-10/h4,7H,5-6,8,14H2,1-3H3. The van der Waals surface area contributed by atoms with Crippen LogP contribution in [0.4, 0.5) is 0 Å². The molecular weight excluding hydrogens is 300 g/mol. The van der Waals surface area contributed by atoms with Crippen LogP contribution in [0.5, 0.6) is 0 Å². The molecule has 0 atom stereocenters. The molecule has 96 valence electrons. The molecule has 0 saturated carbocycles. The molecule has 5 heteroatoms. The summed E-state index contributed by atoms with van der Waals surface area (Å²) in [6, 6.07) is 2.04. The molecule has 0 aliphatic rings. The van der Waals surface area contributed by atoms with Gasteiger partial charge in [0.05, 0.1) is 6.54 Å². The summed E-state index contributed by atoms with van der Waals surface area (Å²) >= 11 is 5.06. The number of amides is 1. The summed E-state index contributed by atoms with van der Waals surface area (Å²) < 4.78 is 1.07. The van der Waals surface area contributed by atoms with Crippen LogP contribution in [0.1, 0.15) is 25.1 Å². The molecule has 1 rings (SSSR count). The number of carbonyl (C=O) groups excluding carboxylic acids is 1. The van der Waals surface area contributed by atoms with E-state index in [4.69, 9.17) is 5.73 Å². The van der Waals surface area contributed by atoms with Gasteiger partial charge < -0.3 is 10.6 Å². The van der Waals surface area contributed by atoms with E-state index in [9.17, 15) is 4.79 Å². The minimum atomic E-state index is -0.124. The molecule has 0 bridgehead atoms. The monoisotopic (exact) mass is 318 g/mol. The fourth-order valence-corrected chi connectivity index (χ4v) is 2.88. The normalized spacial score (nSPS) is 11.6. The van der Waals surface area contributed by atoms with Crippen LogP contribution in [0.15, 0.2) is 15.9 Å². The fraction of sp³-hybridized carbons (Fsp3) is 0.583. The molecule has 0 saturated heterocycles. The van der Waals surface area contributed by atoms with Crippen molar-refractivity contribution in [1.82, 2.24) is 4.90 Å². The van der Waals surface area contributed by atoms with Gasteiger partial charge in [-0.25, -0.2) is 0 Å². The summed E-state index contributed by atoms with van der Waals surface area (Å²) in [6.45, 7) is 5.22. The van der Waals surface area contributed by atoms with Gasteiger partial charge in [0.25, 0.3) is 0 Å². The predicted octanol–water partition coefficient (Wildman–Crippen LogP) is 2.84. The first-order chi connectivity index (χ1) is 7.84. The van der Waals surface area contributed by atoms with Crippen molar-refractivity contribution < 1.29 is 4.79 Å². The summed E-state index contributed by atoms with van der Waals surface area (Å²) in [5, 5.41) is 2.03. The third-order valence-corrected chi connectivity index (χ3v) is 4.31. The maximum absolute atomic E-state index is 12.0. The van der Waals surface area contributed by atoms with Crippen LogP contribution in [-0.2, 0) is 11.3 Å². The maximum Gasteiger partial charge on any atom is 0.223 e. The minimum absolute atomic E-state index is 0.124. The fourth-order valence-electron chi connectivity index (χ4n) is 1.38. The van der Waals surface area contributed by atoms with Crippen LogP contribution in [0.3, 0.4) is 0 Å². The third-order valence-electron chi connectivity index (χ3n) is 2.62. The van der Waals surface area contributed by atoms with Gasteiger partial charge in [-0.15, -0.1) is 11.3 Å². The van der Waals surface area contributed by atoms with Crippen molar-refractivity contribution >= 4 is 33.2 Å². The molecule has 0 fully saturated rings. The van der Waals surface area contributed by atoms with E-state index in [1.54, 1.807) is 16.2 Å². The summed E-state index contributed by atoms with van der Waals surface area (Å²) in [4.78, 5) is 14.9. The van der Waals surface area contributed by atoms with Crippen LogP contribution in [0.25, 0.3) is 0 Å². The van der Waals surface area contributed by atoms with Gasteiger partial charge in [0, 0.05) is 28.2 Å². The van der Waals surface area contributed by atoms with Gasteiger partial charge in [-0.1, -0.05) is 13.8 Å². The Morgan fingerprint density at radius 2 is 2.24 bits per heavy atom. The smallest absolute Gasteiger partial charge is 0.223 e. The Morgan fingerprint density at radius 3 is 2.71 bits per heavy atom. The molecule has 1 aromatic heterocycles. The van der Waals surface area contributed by atoms with Crippen molar-refractivity contribution in [3.8, 4) is 0 Å². The van der Waals surface area contributed by atoms with Gasteiger partial charge in [-0.3, -0.25) is 4.79 Å². The number of carbonyl (C=O) groups is 1. The Kier molecular flexibility index (Phi) is 5.16. The van der Waals surface area contributed by atoms with Gasteiger partial charge >= 0.3 is 0 Å². The highest BCUT2D eigenvalue weighted by atomic mass is 79.9. The summed E-state index contributed by atoms with van der Waals surface area (Å²) in [6.07, 6.45) is 0.493. The molecule has 0 spiro atoms. The van der Waals surface area contributed by atoms with Crippen molar-refractivity contribution in [1.29, 1.82) is 0 Å². The molecule has 0 aliphatic carbocycles. The molecule has 1 aromatic rings. The largest absolute Gasteiger partial charge is 0.341 e.